The van der Waals surface area contributed by atoms with Crippen molar-refractivity contribution in [3.63, 3.8) is 0 Å². The molecule has 4 aromatic rings. The van der Waals surface area contributed by atoms with Gasteiger partial charge in [-0.3, -0.25) is 13.9 Å². The summed E-state index contributed by atoms with van der Waals surface area (Å²) >= 11 is 0. The molecule has 0 aliphatic rings. The second-order valence-electron chi connectivity index (χ2n) is 6.18. The molecule has 0 unspecified atom stereocenters. The van der Waals surface area contributed by atoms with E-state index in [-0.39, 0.29) is 34.8 Å². The summed E-state index contributed by atoms with van der Waals surface area (Å²) in [5.41, 5.74) is -0.679. The van der Waals surface area contributed by atoms with Crippen LogP contribution in [0.5, 0.6) is 5.75 Å². The Morgan fingerprint density at radius 1 is 1.07 bits per heavy atom. The van der Waals surface area contributed by atoms with E-state index in [1.165, 1.54) is 25.2 Å². The molecule has 9 heteroatoms. The van der Waals surface area contributed by atoms with Crippen molar-refractivity contribution in [1.29, 1.82) is 0 Å². The van der Waals surface area contributed by atoms with Gasteiger partial charge < -0.3 is 5.11 Å². The molecule has 0 aliphatic carbocycles. The van der Waals surface area contributed by atoms with Crippen molar-refractivity contribution in [2.75, 3.05) is 0 Å². The van der Waals surface area contributed by atoms with Gasteiger partial charge in [0.15, 0.2) is 17.0 Å². The third-order valence-corrected chi connectivity index (χ3v) is 4.34. The summed E-state index contributed by atoms with van der Waals surface area (Å²) in [5.74, 6) is -0.344. The fourth-order valence-electron chi connectivity index (χ4n) is 2.87. The predicted molar refractivity (Wildman–Crippen MR) is 99.4 cm³/mol. The van der Waals surface area contributed by atoms with Crippen molar-refractivity contribution in [3.05, 3.63) is 80.7 Å². The van der Waals surface area contributed by atoms with Crippen molar-refractivity contribution in [2.24, 2.45) is 7.05 Å². The van der Waals surface area contributed by atoms with Crippen LogP contribution in [0.2, 0.25) is 0 Å². The number of rotatable bonds is 3. The van der Waals surface area contributed by atoms with Gasteiger partial charge >= 0.3 is 5.69 Å². The van der Waals surface area contributed by atoms with Gasteiger partial charge in [0.05, 0.1) is 6.54 Å². The molecule has 8 nitrogen and oxygen atoms in total. The van der Waals surface area contributed by atoms with Crippen LogP contribution < -0.4 is 11.2 Å². The Labute approximate surface area is 157 Å². The van der Waals surface area contributed by atoms with E-state index in [4.69, 9.17) is 0 Å². The highest BCUT2D eigenvalue weighted by Gasteiger charge is 2.17. The normalized spacial score (nSPS) is 11.1. The van der Waals surface area contributed by atoms with Crippen molar-refractivity contribution in [1.82, 2.24) is 24.3 Å². The fraction of sp³-hybridized carbons (Fsp3) is 0.105. The van der Waals surface area contributed by atoms with Crippen LogP contribution in [-0.2, 0) is 13.6 Å². The Bertz CT molecular complexity index is 1330. The van der Waals surface area contributed by atoms with Crippen LogP contribution in [0.1, 0.15) is 5.56 Å². The maximum absolute atomic E-state index is 14.1. The Morgan fingerprint density at radius 2 is 1.86 bits per heavy atom. The number of halogens is 1. The molecular formula is C19H14FN5O3. The summed E-state index contributed by atoms with van der Waals surface area (Å²) < 4.78 is 16.1. The second kappa shape index (κ2) is 6.69. The zero-order chi connectivity index (χ0) is 19.8. The summed E-state index contributed by atoms with van der Waals surface area (Å²) in [4.78, 5) is 29.4. The first-order chi connectivity index (χ1) is 13.5. The smallest absolute Gasteiger partial charge is 0.332 e. The van der Waals surface area contributed by atoms with Gasteiger partial charge in [-0.05, 0) is 18.2 Å². The molecule has 1 N–H and O–H groups in total. The molecular weight excluding hydrogens is 365 g/mol. The van der Waals surface area contributed by atoms with Gasteiger partial charge in [-0.1, -0.05) is 30.3 Å². The van der Waals surface area contributed by atoms with Gasteiger partial charge in [0, 0.05) is 18.2 Å². The first-order valence-corrected chi connectivity index (χ1v) is 8.33. The molecule has 0 fully saturated rings. The summed E-state index contributed by atoms with van der Waals surface area (Å²) in [6.07, 6.45) is 0. The number of hydrogen-bond donors (Lipinski definition) is 1. The summed E-state index contributed by atoms with van der Waals surface area (Å²) in [5, 5.41) is 17.6. The van der Waals surface area contributed by atoms with Crippen LogP contribution in [-0.4, -0.2) is 29.4 Å². The molecule has 2 aromatic heterocycles. The number of benzene rings is 2. The Hall–Kier alpha value is -3.88. The van der Waals surface area contributed by atoms with Gasteiger partial charge in [-0.2, -0.15) is 0 Å². The van der Waals surface area contributed by atoms with Gasteiger partial charge in [0.1, 0.15) is 11.6 Å². The van der Waals surface area contributed by atoms with Gasteiger partial charge in [0.2, 0.25) is 0 Å². The highest BCUT2D eigenvalue weighted by atomic mass is 19.1. The van der Waals surface area contributed by atoms with Crippen LogP contribution in [0.3, 0.4) is 0 Å². The lowest BCUT2D eigenvalue weighted by atomic mass is 10.2. The minimum Gasteiger partial charge on any atom is -0.508 e. The number of aromatic nitrogens is 5. The van der Waals surface area contributed by atoms with Crippen molar-refractivity contribution < 1.29 is 9.50 Å². The van der Waals surface area contributed by atoms with Crippen molar-refractivity contribution >= 4 is 11.2 Å². The molecule has 0 saturated heterocycles. The average Bonchev–Trinajstić information content (AvgIpc) is 2.70. The number of nitrogens with zero attached hydrogens (tertiary/aromatic N) is 5. The lowest BCUT2D eigenvalue weighted by Gasteiger charge is -2.11. The monoisotopic (exact) mass is 379 g/mol. The standard InChI is InChI=1S/C19H14FN5O3/c1-24-18(27)15-17(23-22-16(21-15)11-6-4-7-13(26)9-11)25(19(24)28)10-12-5-2-3-8-14(12)20/h2-9,26H,10H2,1H3. The first-order valence-electron chi connectivity index (χ1n) is 8.33. The van der Waals surface area contributed by atoms with E-state index < -0.39 is 17.1 Å². The summed E-state index contributed by atoms with van der Waals surface area (Å²) in [6, 6.07) is 12.2. The average molecular weight is 379 g/mol. The zero-order valence-electron chi connectivity index (χ0n) is 14.7. The highest BCUT2D eigenvalue weighted by Crippen LogP contribution is 2.20. The van der Waals surface area contributed by atoms with E-state index in [2.05, 4.69) is 15.2 Å². The number of phenolic OH excluding ortho intramolecular Hbond substituents is 1. The summed E-state index contributed by atoms with van der Waals surface area (Å²) in [6.45, 7) is -0.127. The highest BCUT2D eigenvalue weighted by molar-refractivity contribution is 5.71. The van der Waals surface area contributed by atoms with Crippen molar-refractivity contribution in [2.45, 2.75) is 6.54 Å². The van der Waals surface area contributed by atoms with E-state index >= 15 is 0 Å². The summed E-state index contributed by atoms with van der Waals surface area (Å²) in [7, 11) is 1.32. The number of fused-ring (bicyclic) bond motifs is 1. The van der Waals surface area contributed by atoms with E-state index in [0.29, 0.717) is 5.56 Å². The number of aromatic hydroxyl groups is 1. The van der Waals surface area contributed by atoms with E-state index in [1.54, 1.807) is 30.3 Å². The van der Waals surface area contributed by atoms with Crippen LogP contribution in [0.25, 0.3) is 22.6 Å². The molecule has 0 aliphatic heterocycles. The maximum atomic E-state index is 14.1. The lowest BCUT2D eigenvalue weighted by molar-refractivity contribution is 0.475. The Kier molecular flexibility index (Phi) is 4.19. The molecule has 2 heterocycles. The molecule has 2 aromatic carbocycles. The van der Waals surface area contributed by atoms with E-state index in [1.807, 2.05) is 0 Å². The van der Waals surface area contributed by atoms with E-state index in [9.17, 15) is 19.1 Å². The van der Waals surface area contributed by atoms with Crippen LogP contribution in [0, 0.1) is 5.82 Å². The molecule has 140 valence electrons. The molecule has 0 amide bonds. The van der Waals surface area contributed by atoms with Crippen LogP contribution in [0.15, 0.2) is 58.1 Å². The maximum Gasteiger partial charge on any atom is 0.332 e. The third-order valence-electron chi connectivity index (χ3n) is 4.34. The van der Waals surface area contributed by atoms with Gasteiger partial charge in [-0.25, -0.2) is 14.2 Å². The molecule has 0 saturated carbocycles. The molecule has 0 radical (unpaired) electrons. The SMILES string of the molecule is Cn1c(=O)c2nc(-c3cccc(O)c3)nnc2n(Cc2ccccc2F)c1=O. The van der Waals surface area contributed by atoms with Crippen LogP contribution in [0.4, 0.5) is 4.39 Å². The molecule has 0 bridgehead atoms. The largest absolute Gasteiger partial charge is 0.508 e. The first kappa shape index (κ1) is 17.5. The number of phenols is 1. The Balaban J connectivity index is 1.95. The fourth-order valence-corrected chi connectivity index (χ4v) is 2.87. The minimum atomic E-state index is -0.651. The Morgan fingerprint density at radius 3 is 2.61 bits per heavy atom. The van der Waals surface area contributed by atoms with E-state index in [0.717, 1.165) is 9.13 Å². The van der Waals surface area contributed by atoms with Gasteiger partial charge in [0.25, 0.3) is 5.56 Å². The molecule has 0 spiro atoms. The topological polar surface area (TPSA) is 103 Å². The van der Waals surface area contributed by atoms with Gasteiger partial charge in [-0.15, -0.1) is 10.2 Å². The molecule has 28 heavy (non-hydrogen) atoms. The quantitative estimate of drug-likeness (QED) is 0.578. The third kappa shape index (κ3) is 2.92. The zero-order valence-corrected chi connectivity index (χ0v) is 14.7. The molecule has 0 atom stereocenters. The predicted octanol–water partition coefficient (Wildman–Crippen LogP) is 1.45. The minimum absolute atomic E-state index is 0.0126. The van der Waals surface area contributed by atoms with Crippen LogP contribution >= 0.6 is 0 Å². The lowest BCUT2D eigenvalue weighted by Crippen LogP contribution is -2.39. The second-order valence-corrected chi connectivity index (χ2v) is 6.18. The number of hydrogen-bond acceptors (Lipinski definition) is 6. The van der Waals surface area contributed by atoms with Crippen molar-refractivity contribution in [3.8, 4) is 17.1 Å². The molecule has 4 rings (SSSR count).